The highest BCUT2D eigenvalue weighted by atomic mass is 32.2. The molecule has 1 N–H and O–H groups in total. The third-order valence-corrected chi connectivity index (χ3v) is 4.40. The number of para-hydroxylation sites is 2. The van der Waals surface area contributed by atoms with E-state index in [1.54, 1.807) is 0 Å². The van der Waals surface area contributed by atoms with Crippen LogP contribution < -0.4 is 10.1 Å². The third kappa shape index (κ3) is 2.56. The highest BCUT2D eigenvalue weighted by molar-refractivity contribution is 7.99. The molecule has 0 aromatic heterocycles. The summed E-state index contributed by atoms with van der Waals surface area (Å²) in [7, 11) is 0. The number of anilines is 1. The van der Waals surface area contributed by atoms with E-state index in [4.69, 9.17) is 4.74 Å². The summed E-state index contributed by atoms with van der Waals surface area (Å²) in [5.74, 6) is 2.00. The highest BCUT2D eigenvalue weighted by Crippen LogP contribution is 2.40. The number of benzene rings is 2. The molecule has 2 nitrogen and oxygen atoms in total. The average Bonchev–Trinajstić information content (AvgIpc) is 2.85. The summed E-state index contributed by atoms with van der Waals surface area (Å²) in [4.78, 5) is 1.38. The van der Waals surface area contributed by atoms with Crippen molar-refractivity contribution in [2.24, 2.45) is 0 Å². The van der Waals surface area contributed by atoms with Crippen LogP contribution in [-0.4, -0.2) is 12.4 Å². The first kappa shape index (κ1) is 12.4. The Balaban J connectivity index is 1.83. The lowest BCUT2D eigenvalue weighted by molar-refractivity contribution is 0.341. The number of hydrogen-bond donors (Lipinski definition) is 1. The Labute approximate surface area is 118 Å². The maximum Gasteiger partial charge on any atom is 0.142 e. The van der Waals surface area contributed by atoms with Crippen molar-refractivity contribution in [2.75, 3.05) is 17.7 Å². The quantitative estimate of drug-likeness (QED) is 0.893. The fraction of sp³-hybridized carbons (Fsp3) is 0.250. The van der Waals surface area contributed by atoms with Crippen molar-refractivity contribution in [3.63, 3.8) is 0 Å². The van der Waals surface area contributed by atoms with Crippen LogP contribution in [0.4, 0.5) is 5.69 Å². The number of fused-ring (bicyclic) bond motifs is 1. The second-order valence-electron chi connectivity index (χ2n) is 4.47. The molecule has 2 aromatic rings. The van der Waals surface area contributed by atoms with Gasteiger partial charge in [0.2, 0.25) is 0 Å². The summed E-state index contributed by atoms with van der Waals surface area (Å²) < 4.78 is 5.67. The Kier molecular flexibility index (Phi) is 3.65. The van der Waals surface area contributed by atoms with Gasteiger partial charge in [0.05, 0.1) is 18.3 Å². The topological polar surface area (TPSA) is 21.3 Å². The number of hydrogen-bond acceptors (Lipinski definition) is 3. The summed E-state index contributed by atoms with van der Waals surface area (Å²) >= 11 is 1.91. The molecule has 3 heteroatoms. The molecular weight excluding hydrogens is 254 g/mol. The van der Waals surface area contributed by atoms with Crippen LogP contribution in [0.2, 0.25) is 0 Å². The first-order chi connectivity index (χ1) is 9.38. The molecule has 0 bridgehead atoms. The van der Waals surface area contributed by atoms with Gasteiger partial charge in [0.15, 0.2) is 0 Å². The van der Waals surface area contributed by atoms with Crippen LogP contribution in [0.3, 0.4) is 0 Å². The van der Waals surface area contributed by atoms with E-state index in [9.17, 15) is 0 Å². The molecule has 1 unspecified atom stereocenters. The van der Waals surface area contributed by atoms with Gasteiger partial charge in [-0.3, -0.25) is 0 Å². The molecule has 0 aliphatic carbocycles. The van der Waals surface area contributed by atoms with Gasteiger partial charge in [0.1, 0.15) is 5.75 Å². The van der Waals surface area contributed by atoms with Gasteiger partial charge >= 0.3 is 0 Å². The summed E-state index contributed by atoms with van der Waals surface area (Å²) in [5, 5.41) is 3.60. The minimum atomic E-state index is 0.364. The zero-order valence-corrected chi connectivity index (χ0v) is 11.7. The lowest BCUT2D eigenvalue weighted by atomic mass is 10.1. The predicted molar refractivity (Wildman–Crippen MR) is 81.1 cm³/mol. The molecule has 1 atom stereocenters. The standard InChI is InChI=1S/C16H17NOS/c1-2-18-15-9-5-4-8-13(15)17-14-11-19-16-10-6-3-7-12(14)16/h3-10,14,17H,2,11H2,1H3. The normalized spacial score (nSPS) is 17.0. The fourth-order valence-corrected chi connectivity index (χ4v) is 3.50. The van der Waals surface area contributed by atoms with E-state index in [-0.39, 0.29) is 0 Å². The van der Waals surface area contributed by atoms with Gasteiger partial charge in [-0.25, -0.2) is 0 Å². The van der Waals surface area contributed by atoms with Crippen LogP contribution in [0.5, 0.6) is 5.75 Å². The first-order valence-corrected chi connectivity index (χ1v) is 7.57. The molecule has 19 heavy (non-hydrogen) atoms. The molecule has 0 saturated carbocycles. The van der Waals surface area contributed by atoms with Crippen LogP contribution in [0.15, 0.2) is 53.4 Å². The van der Waals surface area contributed by atoms with Crippen molar-refractivity contribution in [2.45, 2.75) is 17.9 Å². The van der Waals surface area contributed by atoms with Gasteiger partial charge in [0, 0.05) is 10.6 Å². The van der Waals surface area contributed by atoms with E-state index >= 15 is 0 Å². The van der Waals surface area contributed by atoms with Crippen molar-refractivity contribution in [3.05, 3.63) is 54.1 Å². The highest BCUT2D eigenvalue weighted by Gasteiger charge is 2.23. The molecule has 1 aliphatic heterocycles. The first-order valence-electron chi connectivity index (χ1n) is 6.58. The van der Waals surface area contributed by atoms with E-state index in [0.717, 1.165) is 17.2 Å². The van der Waals surface area contributed by atoms with Crippen molar-refractivity contribution in [1.82, 2.24) is 0 Å². The number of nitrogens with one attached hydrogen (secondary N) is 1. The van der Waals surface area contributed by atoms with Crippen molar-refractivity contribution >= 4 is 17.4 Å². The molecule has 0 spiro atoms. The van der Waals surface area contributed by atoms with Gasteiger partial charge in [0.25, 0.3) is 0 Å². The minimum Gasteiger partial charge on any atom is -0.492 e. The Morgan fingerprint density at radius 1 is 1.16 bits per heavy atom. The summed E-state index contributed by atoms with van der Waals surface area (Å²) in [6, 6.07) is 17.1. The second kappa shape index (κ2) is 5.57. The largest absolute Gasteiger partial charge is 0.492 e. The van der Waals surface area contributed by atoms with E-state index in [1.807, 2.05) is 36.9 Å². The Morgan fingerprint density at radius 3 is 2.84 bits per heavy atom. The zero-order chi connectivity index (χ0) is 13.1. The van der Waals surface area contributed by atoms with Crippen LogP contribution in [0.25, 0.3) is 0 Å². The number of ether oxygens (including phenoxy) is 1. The zero-order valence-electron chi connectivity index (χ0n) is 10.9. The smallest absolute Gasteiger partial charge is 0.142 e. The predicted octanol–water partition coefficient (Wildman–Crippen LogP) is 4.34. The molecule has 1 heterocycles. The molecule has 0 amide bonds. The van der Waals surface area contributed by atoms with Crippen LogP contribution >= 0.6 is 11.8 Å². The lowest BCUT2D eigenvalue weighted by Crippen LogP contribution is -2.10. The molecule has 2 aromatic carbocycles. The van der Waals surface area contributed by atoms with Gasteiger partial charge in [-0.15, -0.1) is 11.8 Å². The summed E-state index contributed by atoms with van der Waals surface area (Å²) in [5.41, 5.74) is 2.46. The molecule has 3 rings (SSSR count). The van der Waals surface area contributed by atoms with E-state index in [2.05, 4.69) is 35.6 Å². The Hall–Kier alpha value is -1.61. The van der Waals surface area contributed by atoms with Gasteiger partial charge < -0.3 is 10.1 Å². The Morgan fingerprint density at radius 2 is 1.95 bits per heavy atom. The van der Waals surface area contributed by atoms with Gasteiger partial charge in [-0.1, -0.05) is 30.3 Å². The second-order valence-corrected chi connectivity index (χ2v) is 5.54. The summed E-state index contributed by atoms with van der Waals surface area (Å²) in [6.45, 7) is 2.70. The van der Waals surface area contributed by atoms with Crippen LogP contribution in [0.1, 0.15) is 18.5 Å². The number of rotatable bonds is 4. The monoisotopic (exact) mass is 271 g/mol. The van der Waals surface area contributed by atoms with Crippen molar-refractivity contribution in [3.8, 4) is 5.75 Å². The summed E-state index contributed by atoms with van der Waals surface area (Å²) in [6.07, 6.45) is 0. The maximum absolute atomic E-state index is 5.67. The van der Waals surface area contributed by atoms with Crippen molar-refractivity contribution in [1.29, 1.82) is 0 Å². The number of thioether (sulfide) groups is 1. The molecular formula is C16H17NOS. The molecule has 1 aliphatic rings. The van der Waals surface area contributed by atoms with E-state index in [0.29, 0.717) is 12.6 Å². The Bertz CT molecular complexity index is 570. The van der Waals surface area contributed by atoms with Crippen LogP contribution in [0, 0.1) is 0 Å². The minimum absolute atomic E-state index is 0.364. The van der Waals surface area contributed by atoms with Crippen LogP contribution in [-0.2, 0) is 0 Å². The van der Waals surface area contributed by atoms with Gasteiger partial charge in [-0.05, 0) is 30.7 Å². The fourth-order valence-electron chi connectivity index (χ4n) is 2.34. The van der Waals surface area contributed by atoms with Crippen molar-refractivity contribution < 1.29 is 4.74 Å². The molecule has 0 saturated heterocycles. The molecule has 98 valence electrons. The van der Waals surface area contributed by atoms with E-state index < -0.39 is 0 Å². The molecule has 0 radical (unpaired) electrons. The third-order valence-electron chi connectivity index (χ3n) is 3.22. The molecule has 0 fully saturated rings. The van der Waals surface area contributed by atoms with E-state index in [1.165, 1.54) is 10.5 Å². The SMILES string of the molecule is CCOc1ccccc1NC1CSc2ccccc21. The van der Waals surface area contributed by atoms with Gasteiger partial charge in [-0.2, -0.15) is 0 Å². The maximum atomic E-state index is 5.67. The average molecular weight is 271 g/mol. The lowest BCUT2D eigenvalue weighted by Gasteiger charge is -2.17.